The highest BCUT2D eigenvalue weighted by atomic mass is 19.1. The third kappa shape index (κ3) is 5.03. The Morgan fingerprint density at radius 2 is 2.00 bits per heavy atom. The Hall–Kier alpha value is -4.64. The summed E-state index contributed by atoms with van der Waals surface area (Å²) in [6.07, 6.45) is 4.15. The molecule has 1 fully saturated rings. The van der Waals surface area contributed by atoms with Gasteiger partial charge in [0.15, 0.2) is 0 Å². The van der Waals surface area contributed by atoms with Crippen molar-refractivity contribution in [3.05, 3.63) is 95.3 Å². The normalized spacial score (nSPS) is 14.8. The van der Waals surface area contributed by atoms with Gasteiger partial charge < -0.3 is 23.7 Å². The fraction of sp³-hybridized carbons (Fsp3) is 0.241. The summed E-state index contributed by atoms with van der Waals surface area (Å²) in [6.45, 7) is 1.31. The zero-order valence-electron chi connectivity index (χ0n) is 21.6. The van der Waals surface area contributed by atoms with Crippen molar-refractivity contribution in [1.82, 2.24) is 24.1 Å². The van der Waals surface area contributed by atoms with Crippen LogP contribution in [0.2, 0.25) is 0 Å². The Balaban J connectivity index is 1.29. The van der Waals surface area contributed by atoms with Crippen LogP contribution in [0.25, 0.3) is 22.3 Å². The summed E-state index contributed by atoms with van der Waals surface area (Å²) in [5.74, 6) is -1.53. The van der Waals surface area contributed by atoms with Gasteiger partial charge in [-0.05, 0) is 48.4 Å². The zero-order valence-corrected chi connectivity index (χ0v) is 21.6. The van der Waals surface area contributed by atoms with E-state index in [2.05, 4.69) is 15.0 Å². The SMILES string of the molecule is Cn1cncc1COc1cccc(-c2cc(F)c(Cc3nc4ccc(C(=O)O)cc4n3C[C@@H]3CCO3)cc2F)n1. The first-order chi connectivity index (χ1) is 19.4. The van der Waals surface area contributed by atoms with Crippen molar-refractivity contribution in [2.45, 2.75) is 32.1 Å². The molecule has 2 aromatic carbocycles. The maximum Gasteiger partial charge on any atom is 0.335 e. The van der Waals surface area contributed by atoms with E-state index in [0.29, 0.717) is 30.0 Å². The summed E-state index contributed by atoms with van der Waals surface area (Å²) in [4.78, 5) is 24.6. The fourth-order valence-electron chi connectivity index (χ4n) is 4.68. The Morgan fingerprint density at radius 1 is 1.15 bits per heavy atom. The van der Waals surface area contributed by atoms with Crippen LogP contribution in [0.15, 0.2) is 61.1 Å². The van der Waals surface area contributed by atoms with Crippen LogP contribution in [0.3, 0.4) is 0 Å². The molecule has 0 amide bonds. The zero-order chi connectivity index (χ0) is 27.8. The second kappa shape index (κ2) is 10.5. The molecule has 204 valence electrons. The molecular formula is C29H25F2N5O4. The lowest BCUT2D eigenvalue weighted by atomic mass is 10.0. The van der Waals surface area contributed by atoms with E-state index >= 15 is 8.78 Å². The molecule has 5 aromatic rings. The van der Waals surface area contributed by atoms with Crippen molar-refractivity contribution < 1.29 is 28.2 Å². The van der Waals surface area contributed by atoms with Crippen LogP contribution < -0.4 is 4.74 Å². The van der Waals surface area contributed by atoms with E-state index in [-0.39, 0.29) is 47.4 Å². The number of imidazole rings is 2. The molecule has 1 atom stereocenters. The van der Waals surface area contributed by atoms with Gasteiger partial charge in [0, 0.05) is 31.7 Å². The molecule has 0 spiro atoms. The van der Waals surface area contributed by atoms with Gasteiger partial charge in [-0.2, -0.15) is 0 Å². The molecule has 1 aliphatic heterocycles. The second-order valence-corrected chi connectivity index (χ2v) is 9.67. The first kappa shape index (κ1) is 25.6. The number of rotatable bonds is 9. The van der Waals surface area contributed by atoms with Gasteiger partial charge in [-0.3, -0.25) is 0 Å². The molecule has 0 saturated carbocycles. The summed E-state index contributed by atoms with van der Waals surface area (Å²) in [6, 6.07) is 11.8. The second-order valence-electron chi connectivity index (χ2n) is 9.67. The monoisotopic (exact) mass is 545 g/mol. The van der Waals surface area contributed by atoms with Crippen molar-refractivity contribution in [1.29, 1.82) is 0 Å². The van der Waals surface area contributed by atoms with Gasteiger partial charge in [-0.25, -0.2) is 28.5 Å². The van der Waals surface area contributed by atoms with Gasteiger partial charge >= 0.3 is 5.97 Å². The van der Waals surface area contributed by atoms with Crippen LogP contribution in [0.4, 0.5) is 8.78 Å². The lowest BCUT2D eigenvalue weighted by Gasteiger charge is -2.27. The fourth-order valence-corrected chi connectivity index (χ4v) is 4.68. The highest BCUT2D eigenvalue weighted by Gasteiger charge is 2.23. The Bertz CT molecular complexity index is 1730. The number of nitrogens with zero attached hydrogens (tertiary/aromatic N) is 5. The van der Waals surface area contributed by atoms with Crippen molar-refractivity contribution in [3.8, 4) is 17.1 Å². The van der Waals surface area contributed by atoms with E-state index in [1.807, 2.05) is 16.2 Å². The van der Waals surface area contributed by atoms with E-state index < -0.39 is 17.6 Å². The van der Waals surface area contributed by atoms with Crippen molar-refractivity contribution in [2.24, 2.45) is 7.05 Å². The van der Waals surface area contributed by atoms with Crippen LogP contribution in [-0.2, 0) is 31.4 Å². The number of benzene rings is 2. The molecule has 6 rings (SSSR count). The summed E-state index contributed by atoms with van der Waals surface area (Å²) in [5.41, 5.74) is 2.50. The minimum atomic E-state index is -1.06. The number of halogens is 2. The number of aryl methyl sites for hydroxylation is 1. The number of carboxylic acid groups (broad SMARTS) is 1. The smallest absolute Gasteiger partial charge is 0.335 e. The molecule has 1 aliphatic rings. The van der Waals surface area contributed by atoms with Gasteiger partial charge in [0.05, 0.1) is 53.2 Å². The standard InChI is InChI=1S/C29H25F2N5O4/c1-35-16-32-13-19(35)15-40-28-4-2-3-24(34-28)21-12-22(30)18(9-23(21)31)11-27-33-25-6-5-17(29(37)38)10-26(25)36(27)14-20-7-8-39-20/h2-6,9-10,12-13,16,20H,7-8,11,14-15H2,1H3,(H,37,38)/t20-/m0/s1. The van der Waals surface area contributed by atoms with E-state index in [0.717, 1.165) is 24.2 Å². The third-order valence-corrected chi connectivity index (χ3v) is 7.02. The maximum atomic E-state index is 15.4. The Morgan fingerprint density at radius 3 is 2.73 bits per heavy atom. The number of hydrogen-bond acceptors (Lipinski definition) is 6. The van der Waals surface area contributed by atoms with E-state index in [1.54, 1.807) is 42.9 Å². The van der Waals surface area contributed by atoms with E-state index in [9.17, 15) is 9.90 Å². The van der Waals surface area contributed by atoms with Crippen LogP contribution >= 0.6 is 0 Å². The quantitative estimate of drug-likeness (QED) is 0.285. The maximum absolute atomic E-state index is 15.4. The van der Waals surface area contributed by atoms with Gasteiger partial charge in [0.1, 0.15) is 24.1 Å². The highest BCUT2D eigenvalue weighted by Crippen LogP contribution is 2.29. The molecule has 0 aliphatic carbocycles. The molecule has 40 heavy (non-hydrogen) atoms. The summed E-state index contributed by atoms with van der Waals surface area (Å²) in [5, 5.41) is 9.44. The number of pyridine rings is 1. The lowest BCUT2D eigenvalue weighted by molar-refractivity contribution is -0.0589. The summed E-state index contributed by atoms with van der Waals surface area (Å²) >= 11 is 0. The van der Waals surface area contributed by atoms with Crippen LogP contribution in [0.1, 0.15) is 33.9 Å². The number of hydrogen-bond donors (Lipinski definition) is 1. The van der Waals surface area contributed by atoms with Gasteiger partial charge in [0.25, 0.3) is 0 Å². The predicted octanol–water partition coefficient (Wildman–Crippen LogP) is 4.77. The number of aromatic nitrogens is 5. The molecule has 4 heterocycles. The predicted molar refractivity (Wildman–Crippen MR) is 141 cm³/mol. The number of aromatic carboxylic acids is 1. The van der Waals surface area contributed by atoms with E-state index in [1.165, 1.54) is 6.07 Å². The average Bonchev–Trinajstić information content (AvgIpc) is 3.48. The minimum Gasteiger partial charge on any atom is -0.478 e. The molecular weight excluding hydrogens is 520 g/mol. The number of ether oxygens (including phenoxy) is 2. The highest BCUT2D eigenvalue weighted by molar-refractivity contribution is 5.92. The molecule has 11 heteroatoms. The van der Waals surface area contributed by atoms with Gasteiger partial charge in [0.2, 0.25) is 5.88 Å². The first-order valence-corrected chi connectivity index (χ1v) is 12.7. The molecule has 1 saturated heterocycles. The summed E-state index contributed by atoms with van der Waals surface area (Å²) < 4.78 is 45.7. The van der Waals surface area contributed by atoms with Crippen LogP contribution in [-0.4, -0.2) is 47.9 Å². The lowest BCUT2D eigenvalue weighted by Crippen LogP contribution is -2.31. The first-order valence-electron chi connectivity index (χ1n) is 12.7. The summed E-state index contributed by atoms with van der Waals surface area (Å²) in [7, 11) is 1.85. The molecule has 0 bridgehead atoms. The average molecular weight is 546 g/mol. The van der Waals surface area contributed by atoms with Gasteiger partial charge in [-0.15, -0.1) is 0 Å². The molecule has 0 unspecified atom stereocenters. The van der Waals surface area contributed by atoms with Gasteiger partial charge in [-0.1, -0.05) is 6.07 Å². The minimum absolute atomic E-state index is 0.00805. The topological polar surface area (TPSA) is 104 Å². The van der Waals surface area contributed by atoms with Crippen molar-refractivity contribution in [2.75, 3.05) is 6.61 Å². The Kier molecular flexibility index (Phi) is 6.72. The number of carbonyl (C=O) groups is 1. The Labute approximate surface area is 227 Å². The molecule has 1 N–H and O–H groups in total. The molecule has 3 aromatic heterocycles. The number of carboxylic acids is 1. The molecule has 0 radical (unpaired) electrons. The molecule has 9 nitrogen and oxygen atoms in total. The van der Waals surface area contributed by atoms with E-state index in [4.69, 9.17) is 9.47 Å². The van der Waals surface area contributed by atoms with Crippen molar-refractivity contribution in [3.63, 3.8) is 0 Å². The third-order valence-electron chi connectivity index (χ3n) is 7.02. The van der Waals surface area contributed by atoms with Crippen LogP contribution in [0.5, 0.6) is 5.88 Å². The van der Waals surface area contributed by atoms with Crippen molar-refractivity contribution >= 4 is 17.0 Å². The number of fused-ring (bicyclic) bond motifs is 1. The van der Waals surface area contributed by atoms with Crippen LogP contribution in [0, 0.1) is 11.6 Å². The largest absolute Gasteiger partial charge is 0.478 e.